The molecule has 0 aliphatic rings. The van der Waals surface area contributed by atoms with Crippen LogP contribution in [0.15, 0.2) is 30.3 Å². The van der Waals surface area contributed by atoms with Crippen LogP contribution in [0.25, 0.3) is 0 Å². The van der Waals surface area contributed by atoms with Crippen LogP contribution in [0, 0.1) is 13.8 Å². The number of carbonyl (C=O) groups is 1. The molecule has 6 heteroatoms. The predicted octanol–water partition coefficient (Wildman–Crippen LogP) is 2.48. The third-order valence-corrected chi connectivity index (χ3v) is 3.69. The van der Waals surface area contributed by atoms with E-state index in [1.165, 1.54) is 0 Å². The third-order valence-electron chi connectivity index (χ3n) is 3.69. The molecule has 0 spiro atoms. The number of nitrogens with one attached hydrogen (secondary N) is 1. The van der Waals surface area contributed by atoms with Crippen molar-refractivity contribution in [2.45, 2.75) is 39.8 Å². The molecule has 1 aromatic carbocycles. The Morgan fingerprint density at radius 3 is 2.50 bits per heavy atom. The highest BCUT2D eigenvalue weighted by Gasteiger charge is 2.14. The van der Waals surface area contributed by atoms with Gasteiger partial charge >= 0.3 is 0 Å². The lowest BCUT2D eigenvalue weighted by atomic mass is 10.3. The number of aromatic nitrogens is 2. The molecule has 2 rings (SSSR count). The Labute approximate surface area is 142 Å². The monoisotopic (exact) mass is 331 g/mol. The minimum Gasteiger partial charge on any atom is -0.497 e. The van der Waals surface area contributed by atoms with Crippen molar-refractivity contribution in [2.75, 3.05) is 13.7 Å². The fourth-order valence-corrected chi connectivity index (χ4v) is 2.40. The molecule has 1 atom stereocenters. The van der Waals surface area contributed by atoms with E-state index in [1.807, 2.05) is 24.6 Å². The maximum Gasteiger partial charge on any atom is 0.260 e. The fraction of sp³-hybridized carbons (Fsp3) is 0.444. The summed E-state index contributed by atoms with van der Waals surface area (Å²) in [6.07, 6.45) is 0.273. The number of methoxy groups -OCH3 is 1. The maximum atomic E-state index is 12.1. The van der Waals surface area contributed by atoms with Crippen LogP contribution in [0.5, 0.6) is 11.5 Å². The molecule has 1 heterocycles. The normalized spacial score (nSPS) is 11.8. The van der Waals surface area contributed by atoms with Crippen LogP contribution in [0.1, 0.15) is 24.7 Å². The second kappa shape index (κ2) is 8.38. The Kier molecular flexibility index (Phi) is 6.23. The molecule has 2 aromatic rings. The van der Waals surface area contributed by atoms with E-state index in [9.17, 15) is 4.79 Å². The average Bonchev–Trinajstić information content (AvgIpc) is 2.89. The van der Waals surface area contributed by atoms with E-state index in [2.05, 4.69) is 10.4 Å². The summed E-state index contributed by atoms with van der Waals surface area (Å²) in [6, 6.07) is 9.21. The van der Waals surface area contributed by atoms with E-state index in [4.69, 9.17) is 9.47 Å². The summed E-state index contributed by atoms with van der Waals surface area (Å²) in [4.78, 5) is 12.1. The van der Waals surface area contributed by atoms with Crippen molar-refractivity contribution in [3.05, 3.63) is 41.7 Å². The van der Waals surface area contributed by atoms with Crippen molar-refractivity contribution in [1.29, 1.82) is 0 Å². The molecule has 0 unspecified atom stereocenters. The maximum absolute atomic E-state index is 12.1. The van der Waals surface area contributed by atoms with Crippen molar-refractivity contribution in [3.63, 3.8) is 0 Å². The van der Waals surface area contributed by atoms with Crippen molar-refractivity contribution >= 4 is 5.91 Å². The van der Waals surface area contributed by atoms with Crippen LogP contribution in [0.2, 0.25) is 0 Å². The van der Waals surface area contributed by atoms with Gasteiger partial charge in [0.15, 0.2) is 6.10 Å². The number of rotatable bonds is 8. The Bertz CT molecular complexity index is 665. The van der Waals surface area contributed by atoms with Crippen LogP contribution in [-0.4, -0.2) is 35.4 Å². The van der Waals surface area contributed by atoms with Gasteiger partial charge in [0.05, 0.1) is 12.8 Å². The van der Waals surface area contributed by atoms with Crippen LogP contribution in [0.4, 0.5) is 0 Å². The van der Waals surface area contributed by atoms with Crippen LogP contribution < -0.4 is 14.8 Å². The van der Waals surface area contributed by atoms with Gasteiger partial charge in [-0.2, -0.15) is 5.10 Å². The highest BCUT2D eigenvalue weighted by Crippen LogP contribution is 2.18. The highest BCUT2D eigenvalue weighted by molar-refractivity contribution is 5.80. The second-order valence-corrected chi connectivity index (χ2v) is 5.73. The zero-order valence-electron chi connectivity index (χ0n) is 14.7. The van der Waals surface area contributed by atoms with Crippen molar-refractivity contribution in [3.8, 4) is 11.5 Å². The summed E-state index contributed by atoms with van der Waals surface area (Å²) in [5, 5.41) is 7.29. The quantitative estimate of drug-likeness (QED) is 0.755. The zero-order valence-corrected chi connectivity index (χ0v) is 14.7. The Morgan fingerprint density at radius 2 is 1.92 bits per heavy atom. The van der Waals surface area contributed by atoms with Gasteiger partial charge in [-0.3, -0.25) is 9.48 Å². The SMILES string of the molecule is COc1ccc(O[C@@H](C)C(=O)NCCCn2nc(C)cc2C)cc1. The number of aryl methyl sites for hydroxylation is 3. The third kappa shape index (κ3) is 5.01. The van der Waals surface area contributed by atoms with Gasteiger partial charge in [-0.15, -0.1) is 0 Å². The van der Waals surface area contributed by atoms with E-state index >= 15 is 0 Å². The first-order valence-corrected chi connectivity index (χ1v) is 8.09. The molecule has 0 radical (unpaired) electrons. The molecule has 0 fully saturated rings. The predicted molar refractivity (Wildman–Crippen MR) is 92.4 cm³/mol. The molecule has 0 aliphatic carbocycles. The summed E-state index contributed by atoms with van der Waals surface area (Å²) in [6.45, 7) is 7.12. The summed E-state index contributed by atoms with van der Waals surface area (Å²) in [7, 11) is 1.61. The molecule has 6 nitrogen and oxygen atoms in total. The number of nitrogens with zero attached hydrogens (tertiary/aromatic N) is 2. The van der Waals surface area contributed by atoms with Crippen molar-refractivity contribution < 1.29 is 14.3 Å². The molecule has 0 aliphatic heterocycles. The first-order valence-electron chi connectivity index (χ1n) is 8.09. The molecule has 0 saturated heterocycles. The smallest absolute Gasteiger partial charge is 0.260 e. The van der Waals surface area contributed by atoms with Crippen LogP contribution in [-0.2, 0) is 11.3 Å². The summed E-state index contributed by atoms with van der Waals surface area (Å²) < 4.78 is 12.7. The molecule has 1 N–H and O–H groups in total. The Balaban J connectivity index is 1.72. The highest BCUT2D eigenvalue weighted by atomic mass is 16.5. The first-order chi connectivity index (χ1) is 11.5. The zero-order chi connectivity index (χ0) is 17.5. The summed E-state index contributed by atoms with van der Waals surface area (Å²) in [5.74, 6) is 1.27. The van der Waals surface area contributed by atoms with E-state index < -0.39 is 6.10 Å². The number of amides is 1. The lowest BCUT2D eigenvalue weighted by molar-refractivity contribution is -0.127. The summed E-state index contributed by atoms with van der Waals surface area (Å²) >= 11 is 0. The fourth-order valence-electron chi connectivity index (χ4n) is 2.40. The van der Waals surface area contributed by atoms with Gasteiger partial charge in [-0.1, -0.05) is 0 Å². The van der Waals surface area contributed by atoms with Gasteiger partial charge in [0.1, 0.15) is 11.5 Å². The van der Waals surface area contributed by atoms with Crippen LogP contribution >= 0.6 is 0 Å². The first kappa shape index (κ1) is 17.8. The van der Waals surface area contributed by atoms with Gasteiger partial charge in [-0.05, 0) is 57.5 Å². The minimum atomic E-state index is -0.549. The molecule has 130 valence electrons. The van der Waals surface area contributed by atoms with Gasteiger partial charge in [0, 0.05) is 18.8 Å². The minimum absolute atomic E-state index is 0.126. The van der Waals surface area contributed by atoms with Crippen molar-refractivity contribution in [1.82, 2.24) is 15.1 Å². The lowest BCUT2D eigenvalue weighted by Gasteiger charge is -2.15. The van der Waals surface area contributed by atoms with Crippen LogP contribution in [0.3, 0.4) is 0 Å². The second-order valence-electron chi connectivity index (χ2n) is 5.73. The standard InChI is InChI=1S/C18H25N3O3/c1-13-12-14(2)21(20-13)11-5-10-19-18(22)15(3)24-17-8-6-16(23-4)7-9-17/h6-9,12,15H,5,10-11H2,1-4H3,(H,19,22)/t15-/m0/s1. The molecule has 1 amide bonds. The molecule has 0 bridgehead atoms. The molecule has 0 saturated carbocycles. The van der Waals surface area contributed by atoms with E-state index in [0.29, 0.717) is 12.3 Å². The largest absolute Gasteiger partial charge is 0.497 e. The molecule has 1 aromatic heterocycles. The van der Waals surface area contributed by atoms with Crippen molar-refractivity contribution in [2.24, 2.45) is 0 Å². The topological polar surface area (TPSA) is 65.4 Å². The van der Waals surface area contributed by atoms with Gasteiger partial charge in [0.2, 0.25) is 0 Å². The van der Waals surface area contributed by atoms with E-state index in [0.717, 1.165) is 30.1 Å². The van der Waals surface area contributed by atoms with Gasteiger partial charge in [-0.25, -0.2) is 0 Å². The van der Waals surface area contributed by atoms with E-state index in [1.54, 1.807) is 38.3 Å². The number of hydrogen-bond acceptors (Lipinski definition) is 4. The Hall–Kier alpha value is -2.50. The number of benzene rings is 1. The molecule has 24 heavy (non-hydrogen) atoms. The number of hydrogen-bond donors (Lipinski definition) is 1. The molecular weight excluding hydrogens is 306 g/mol. The van der Waals surface area contributed by atoms with E-state index in [-0.39, 0.29) is 5.91 Å². The summed E-state index contributed by atoms with van der Waals surface area (Å²) in [5.41, 5.74) is 2.15. The number of ether oxygens (including phenoxy) is 2. The molecular formula is C18H25N3O3. The lowest BCUT2D eigenvalue weighted by Crippen LogP contribution is -2.37. The van der Waals surface area contributed by atoms with Gasteiger partial charge in [0.25, 0.3) is 5.91 Å². The Morgan fingerprint density at radius 1 is 1.25 bits per heavy atom. The average molecular weight is 331 g/mol. The van der Waals surface area contributed by atoms with Gasteiger partial charge < -0.3 is 14.8 Å². The number of carbonyl (C=O) groups excluding carboxylic acids is 1.